The molecule has 3 rings (SSSR count). The van der Waals surface area contributed by atoms with E-state index in [1.54, 1.807) is 0 Å². The maximum Gasteiger partial charge on any atom is 0.270 e. The minimum atomic E-state index is -0.134. The summed E-state index contributed by atoms with van der Waals surface area (Å²) < 4.78 is 0.700. The lowest BCUT2D eigenvalue weighted by Gasteiger charge is -2.10. The lowest BCUT2D eigenvalue weighted by molar-refractivity contribution is 0.0944. The van der Waals surface area contributed by atoms with Crippen molar-refractivity contribution in [3.05, 3.63) is 40.5 Å². The van der Waals surface area contributed by atoms with Gasteiger partial charge in [-0.25, -0.2) is 0 Å². The van der Waals surface area contributed by atoms with E-state index in [-0.39, 0.29) is 18.3 Å². The van der Waals surface area contributed by atoms with Gasteiger partial charge in [0, 0.05) is 18.2 Å². The fourth-order valence-corrected chi connectivity index (χ4v) is 3.09. The average molecular weight is 386 g/mol. The predicted octanol–water partition coefficient (Wildman–Crippen LogP) is 2.74. The molecule has 7 heteroatoms. The lowest BCUT2D eigenvalue weighted by atomic mass is 10.1. The summed E-state index contributed by atoms with van der Waals surface area (Å²) in [6.45, 7) is 1.68. The summed E-state index contributed by atoms with van der Waals surface area (Å²) in [6.07, 6.45) is 2.28. The zero-order valence-electron chi connectivity index (χ0n) is 11.9. The minimum Gasteiger partial charge on any atom is -0.349 e. The van der Waals surface area contributed by atoms with Gasteiger partial charge in [0.2, 0.25) is 0 Å². The van der Waals surface area contributed by atoms with Gasteiger partial charge in [0.25, 0.3) is 5.91 Å². The molecule has 1 atom stereocenters. The predicted molar refractivity (Wildman–Crippen MR) is 92.3 cm³/mol. The van der Waals surface area contributed by atoms with Crippen LogP contribution in [0.25, 0.3) is 11.3 Å². The smallest absolute Gasteiger partial charge is 0.270 e. The Morgan fingerprint density at radius 3 is 2.82 bits per heavy atom. The zero-order chi connectivity index (χ0) is 14.7. The molecule has 118 valence electrons. The highest BCUT2D eigenvalue weighted by Gasteiger charge is 2.20. The number of nitrogens with one attached hydrogen (secondary N) is 3. The van der Waals surface area contributed by atoms with Crippen LogP contribution in [0.3, 0.4) is 0 Å². The normalized spacial score (nSPS) is 17.0. The molecule has 2 heterocycles. The van der Waals surface area contributed by atoms with Crippen LogP contribution >= 0.6 is 28.3 Å². The first-order valence-electron chi connectivity index (χ1n) is 7.06. The molecule has 0 spiro atoms. The van der Waals surface area contributed by atoms with Crippen LogP contribution < -0.4 is 10.6 Å². The first kappa shape index (κ1) is 17.0. The van der Waals surface area contributed by atoms with E-state index in [9.17, 15) is 4.79 Å². The first-order chi connectivity index (χ1) is 10.3. The number of halogens is 2. The van der Waals surface area contributed by atoms with E-state index in [1.165, 1.54) is 6.42 Å². The molecule has 22 heavy (non-hydrogen) atoms. The van der Waals surface area contributed by atoms with Gasteiger partial charge in [-0.15, -0.1) is 12.4 Å². The molecule has 1 amide bonds. The van der Waals surface area contributed by atoms with E-state index < -0.39 is 0 Å². The van der Waals surface area contributed by atoms with Gasteiger partial charge in [-0.3, -0.25) is 9.89 Å². The maximum atomic E-state index is 12.2. The minimum absolute atomic E-state index is 0. The third-order valence-electron chi connectivity index (χ3n) is 3.65. The molecule has 1 aliphatic heterocycles. The van der Waals surface area contributed by atoms with Gasteiger partial charge in [-0.05, 0) is 35.3 Å². The Balaban J connectivity index is 0.00000176. The third kappa shape index (κ3) is 3.69. The summed E-state index contributed by atoms with van der Waals surface area (Å²) in [6, 6.07) is 10.1. The molecule has 3 N–H and O–H groups in total. The summed E-state index contributed by atoms with van der Waals surface area (Å²) in [5.41, 5.74) is 2.18. The van der Waals surface area contributed by atoms with Gasteiger partial charge >= 0.3 is 0 Å². The van der Waals surface area contributed by atoms with E-state index in [0.29, 0.717) is 22.8 Å². The molecule has 5 nitrogen and oxygen atoms in total. The van der Waals surface area contributed by atoms with Crippen molar-refractivity contribution < 1.29 is 4.79 Å². The Morgan fingerprint density at radius 1 is 1.36 bits per heavy atom. The van der Waals surface area contributed by atoms with Crippen LogP contribution in [0, 0.1) is 0 Å². The van der Waals surface area contributed by atoms with Crippen LogP contribution in [-0.2, 0) is 0 Å². The van der Waals surface area contributed by atoms with Crippen LogP contribution in [0.4, 0.5) is 0 Å². The van der Waals surface area contributed by atoms with E-state index in [4.69, 9.17) is 0 Å². The second kappa shape index (κ2) is 7.76. The Morgan fingerprint density at radius 2 is 2.14 bits per heavy atom. The van der Waals surface area contributed by atoms with Crippen molar-refractivity contribution >= 4 is 34.2 Å². The summed E-state index contributed by atoms with van der Waals surface area (Å²) >= 11 is 3.47. The SMILES string of the molecule is Cl.O=C(NCC1CCCN1)c1[nH]nc(-c2ccccc2)c1Br. The number of hydrogen-bond acceptors (Lipinski definition) is 3. The molecule has 1 saturated heterocycles. The second-order valence-corrected chi connectivity index (χ2v) is 5.92. The van der Waals surface area contributed by atoms with Crippen molar-refractivity contribution in [2.24, 2.45) is 0 Å². The molecule has 0 bridgehead atoms. The Bertz CT molecular complexity index is 626. The molecule has 0 saturated carbocycles. The topological polar surface area (TPSA) is 69.8 Å². The number of hydrogen-bond donors (Lipinski definition) is 3. The summed E-state index contributed by atoms with van der Waals surface area (Å²) in [5, 5.41) is 13.4. The van der Waals surface area contributed by atoms with Crippen molar-refractivity contribution in [3.8, 4) is 11.3 Å². The number of aromatic amines is 1. The van der Waals surface area contributed by atoms with Gasteiger partial charge in [0.1, 0.15) is 11.4 Å². The average Bonchev–Trinajstić information content (AvgIpc) is 3.15. The molecular formula is C15H18BrClN4O. The number of carbonyl (C=O) groups is 1. The van der Waals surface area contributed by atoms with Crippen LogP contribution in [-0.4, -0.2) is 35.2 Å². The largest absolute Gasteiger partial charge is 0.349 e. The lowest BCUT2D eigenvalue weighted by Crippen LogP contribution is -2.37. The van der Waals surface area contributed by atoms with Crippen molar-refractivity contribution in [1.82, 2.24) is 20.8 Å². The number of nitrogens with zero attached hydrogens (tertiary/aromatic N) is 1. The number of amides is 1. The van der Waals surface area contributed by atoms with Gasteiger partial charge < -0.3 is 10.6 Å². The van der Waals surface area contributed by atoms with E-state index in [1.807, 2.05) is 30.3 Å². The number of rotatable bonds is 4. The molecule has 2 aromatic rings. The molecule has 1 fully saturated rings. The number of H-pyrrole nitrogens is 1. The molecule has 0 aliphatic carbocycles. The Hall–Kier alpha value is -1.37. The monoisotopic (exact) mass is 384 g/mol. The molecule has 1 unspecified atom stereocenters. The summed E-state index contributed by atoms with van der Waals surface area (Å²) in [7, 11) is 0. The van der Waals surface area contributed by atoms with Crippen LogP contribution in [0.2, 0.25) is 0 Å². The highest BCUT2D eigenvalue weighted by atomic mass is 79.9. The van der Waals surface area contributed by atoms with Crippen LogP contribution in [0.5, 0.6) is 0 Å². The van der Waals surface area contributed by atoms with Crippen molar-refractivity contribution in [1.29, 1.82) is 0 Å². The number of carbonyl (C=O) groups excluding carboxylic acids is 1. The molecule has 1 aromatic carbocycles. The maximum absolute atomic E-state index is 12.2. The van der Waals surface area contributed by atoms with Crippen LogP contribution in [0.15, 0.2) is 34.8 Å². The van der Waals surface area contributed by atoms with Crippen molar-refractivity contribution in [2.75, 3.05) is 13.1 Å². The van der Waals surface area contributed by atoms with Crippen molar-refractivity contribution in [2.45, 2.75) is 18.9 Å². The van der Waals surface area contributed by atoms with Gasteiger partial charge in [0.05, 0.1) is 4.47 Å². The number of aromatic nitrogens is 2. The van der Waals surface area contributed by atoms with Gasteiger partial charge in [-0.2, -0.15) is 5.10 Å². The Kier molecular flexibility index (Phi) is 5.99. The molecular weight excluding hydrogens is 368 g/mol. The summed E-state index contributed by atoms with van der Waals surface area (Å²) in [5.74, 6) is -0.134. The highest BCUT2D eigenvalue weighted by Crippen LogP contribution is 2.28. The Labute approximate surface area is 143 Å². The van der Waals surface area contributed by atoms with E-state index >= 15 is 0 Å². The van der Waals surface area contributed by atoms with Gasteiger partial charge in [-0.1, -0.05) is 30.3 Å². The second-order valence-electron chi connectivity index (χ2n) is 5.13. The third-order valence-corrected chi connectivity index (χ3v) is 4.42. The zero-order valence-corrected chi connectivity index (χ0v) is 14.3. The number of benzene rings is 1. The first-order valence-corrected chi connectivity index (χ1v) is 7.86. The fraction of sp³-hybridized carbons (Fsp3) is 0.333. The van der Waals surface area contributed by atoms with Crippen LogP contribution in [0.1, 0.15) is 23.3 Å². The highest BCUT2D eigenvalue weighted by molar-refractivity contribution is 9.10. The molecule has 0 radical (unpaired) electrons. The standard InChI is InChI=1S/C15H17BrN4O.ClH/c16-12-13(10-5-2-1-3-6-10)19-20-14(12)15(21)18-9-11-7-4-8-17-11;/h1-3,5-6,11,17H,4,7-9H2,(H,18,21)(H,19,20);1H. The quantitative estimate of drug-likeness (QED) is 0.758. The molecule has 1 aromatic heterocycles. The summed E-state index contributed by atoms with van der Waals surface area (Å²) in [4.78, 5) is 12.2. The van der Waals surface area contributed by atoms with E-state index in [2.05, 4.69) is 36.8 Å². The molecule has 1 aliphatic rings. The van der Waals surface area contributed by atoms with E-state index in [0.717, 1.165) is 24.2 Å². The van der Waals surface area contributed by atoms with Crippen molar-refractivity contribution in [3.63, 3.8) is 0 Å². The van der Waals surface area contributed by atoms with Gasteiger partial charge in [0.15, 0.2) is 0 Å². The fourth-order valence-electron chi connectivity index (χ4n) is 2.50.